The fraction of sp³-hybridized carbons (Fsp3) is 0.400. The molecule has 88 valence electrons. The lowest BCUT2D eigenvalue weighted by molar-refractivity contribution is 0.0948. The van der Waals surface area contributed by atoms with Crippen molar-refractivity contribution in [3.05, 3.63) is 28.5 Å². The summed E-state index contributed by atoms with van der Waals surface area (Å²) >= 11 is 3.20. The molecule has 1 rings (SSSR count). The lowest BCUT2D eigenvalue weighted by Gasteiger charge is -2.03. The Morgan fingerprint density at radius 3 is 2.94 bits per heavy atom. The molecule has 0 saturated carbocycles. The number of pyridine rings is 1. The average molecular weight is 305 g/mol. The molecule has 0 aliphatic heterocycles. The Balaban J connectivity index is 2.38. The van der Waals surface area contributed by atoms with Crippen molar-refractivity contribution >= 4 is 32.6 Å². The summed E-state index contributed by atoms with van der Waals surface area (Å²) in [6, 6.07) is 5.17. The summed E-state index contributed by atoms with van der Waals surface area (Å²) in [5.74, 6) is 0.398. The largest absolute Gasteiger partial charge is 0.351 e. The minimum Gasteiger partial charge on any atom is -0.351 e. The van der Waals surface area contributed by atoms with E-state index in [1.807, 2.05) is 0 Å². The smallest absolute Gasteiger partial charge is 0.269 e. The molecule has 16 heavy (non-hydrogen) atoms. The van der Waals surface area contributed by atoms with Crippen molar-refractivity contribution in [1.29, 1.82) is 0 Å². The molecule has 0 aromatic carbocycles. The monoisotopic (exact) mass is 304 g/mol. The highest BCUT2D eigenvalue weighted by molar-refractivity contribution is 9.10. The van der Waals surface area contributed by atoms with Gasteiger partial charge in [-0.2, -0.15) is 0 Å². The number of rotatable bonds is 5. The highest BCUT2D eigenvalue weighted by Crippen LogP contribution is 2.05. The third-order valence-corrected chi connectivity index (χ3v) is 3.15. The van der Waals surface area contributed by atoms with Crippen LogP contribution in [0.1, 0.15) is 16.9 Å². The predicted molar refractivity (Wildman–Crippen MR) is 67.8 cm³/mol. The quantitative estimate of drug-likeness (QED) is 0.660. The molecule has 0 aliphatic rings. The fourth-order valence-electron chi connectivity index (χ4n) is 1.10. The van der Waals surface area contributed by atoms with Crippen molar-refractivity contribution < 1.29 is 9.00 Å². The van der Waals surface area contributed by atoms with E-state index in [9.17, 15) is 9.00 Å². The third kappa shape index (κ3) is 4.85. The van der Waals surface area contributed by atoms with Gasteiger partial charge in [0, 0.05) is 29.4 Å². The number of amides is 1. The molecule has 1 unspecified atom stereocenters. The van der Waals surface area contributed by atoms with E-state index in [2.05, 4.69) is 26.2 Å². The van der Waals surface area contributed by atoms with Crippen molar-refractivity contribution in [1.82, 2.24) is 10.3 Å². The molecule has 1 heterocycles. The number of halogens is 1. The maximum Gasteiger partial charge on any atom is 0.269 e. The molecule has 6 heteroatoms. The van der Waals surface area contributed by atoms with Crippen LogP contribution in [0.4, 0.5) is 0 Å². The van der Waals surface area contributed by atoms with Gasteiger partial charge in [-0.1, -0.05) is 6.07 Å². The molecule has 1 amide bonds. The molecule has 1 aromatic heterocycles. The number of hydrogen-bond donors (Lipinski definition) is 1. The zero-order chi connectivity index (χ0) is 12.0. The molecule has 0 spiro atoms. The molecule has 0 fully saturated rings. The van der Waals surface area contributed by atoms with Gasteiger partial charge in [-0.25, -0.2) is 4.98 Å². The molecule has 1 aromatic rings. The van der Waals surface area contributed by atoms with Crippen molar-refractivity contribution in [3.8, 4) is 0 Å². The first-order chi connectivity index (χ1) is 7.59. The standard InChI is InChI=1S/C10H13BrN2O2S/c1-16(15)7-3-6-12-10(14)8-4-2-5-9(11)13-8/h2,4-5H,3,6-7H2,1H3,(H,12,14). The second-order valence-electron chi connectivity index (χ2n) is 3.23. The highest BCUT2D eigenvalue weighted by Gasteiger charge is 2.06. The maximum atomic E-state index is 11.6. The Labute approximate surface area is 105 Å². The van der Waals surface area contributed by atoms with Gasteiger partial charge < -0.3 is 5.32 Å². The molecule has 1 atom stereocenters. The first-order valence-electron chi connectivity index (χ1n) is 4.80. The minimum absolute atomic E-state index is 0.205. The summed E-state index contributed by atoms with van der Waals surface area (Å²) in [5.41, 5.74) is 0.381. The summed E-state index contributed by atoms with van der Waals surface area (Å²) in [4.78, 5) is 15.6. The highest BCUT2D eigenvalue weighted by atomic mass is 79.9. The Morgan fingerprint density at radius 1 is 1.56 bits per heavy atom. The summed E-state index contributed by atoms with van der Waals surface area (Å²) in [5, 5.41) is 2.72. The number of hydrogen-bond acceptors (Lipinski definition) is 3. The van der Waals surface area contributed by atoms with Gasteiger partial charge in [-0.15, -0.1) is 0 Å². The van der Waals surface area contributed by atoms with Gasteiger partial charge >= 0.3 is 0 Å². The van der Waals surface area contributed by atoms with Crippen LogP contribution in [0, 0.1) is 0 Å². The van der Waals surface area contributed by atoms with Crippen molar-refractivity contribution in [3.63, 3.8) is 0 Å². The molecular formula is C10H13BrN2O2S. The van der Waals surface area contributed by atoms with Crippen LogP contribution in [0.25, 0.3) is 0 Å². The van der Waals surface area contributed by atoms with Crippen molar-refractivity contribution in [2.45, 2.75) is 6.42 Å². The van der Waals surface area contributed by atoms with Crippen LogP contribution in [0.2, 0.25) is 0 Å². The minimum atomic E-state index is -0.803. The van der Waals surface area contributed by atoms with E-state index in [1.54, 1.807) is 24.5 Å². The Bertz CT molecular complexity index is 398. The number of aromatic nitrogens is 1. The zero-order valence-electron chi connectivity index (χ0n) is 8.90. The van der Waals surface area contributed by atoms with E-state index in [0.717, 1.165) is 0 Å². The van der Waals surface area contributed by atoms with E-state index in [0.29, 0.717) is 29.0 Å². The first-order valence-corrected chi connectivity index (χ1v) is 7.32. The molecular weight excluding hydrogens is 292 g/mol. The van der Waals surface area contributed by atoms with Gasteiger partial charge in [0.15, 0.2) is 0 Å². The topological polar surface area (TPSA) is 59.1 Å². The predicted octanol–water partition coefficient (Wildman–Crippen LogP) is 1.34. The number of carbonyl (C=O) groups is 1. The van der Waals surface area contributed by atoms with Gasteiger partial charge in [-0.05, 0) is 34.5 Å². The Morgan fingerprint density at radius 2 is 2.31 bits per heavy atom. The number of nitrogens with zero attached hydrogens (tertiary/aromatic N) is 1. The van der Waals surface area contributed by atoms with Crippen LogP contribution in [0.15, 0.2) is 22.8 Å². The van der Waals surface area contributed by atoms with Gasteiger partial charge in [0.1, 0.15) is 10.3 Å². The van der Waals surface area contributed by atoms with Crippen molar-refractivity contribution in [2.75, 3.05) is 18.6 Å². The molecule has 1 N–H and O–H groups in total. The van der Waals surface area contributed by atoms with E-state index in [-0.39, 0.29) is 5.91 Å². The second kappa shape index (κ2) is 6.75. The molecule has 0 bridgehead atoms. The SMILES string of the molecule is CS(=O)CCCNC(=O)c1cccc(Br)n1. The summed E-state index contributed by atoms with van der Waals surface area (Å²) < 4.78 is 11.4. The average Bonchev–Trinajstić information content (AvgIpc) is 2.24. The molecule has 0 aliphatic carbocycles. The molecule has 0 radical (unpaired) electrons. The van der Waals surface area contributed by atoms with Crippen molar-refractivity contribution in [2.24, 2.45) is 0 Å². The third-order valence-electron chi connectivity index (χ3n) is 1.84. The Kier molecular flexibility index (Phi) is 5.62. The van der Waals surface area contributed by atoms with Crippen LogP contribution in [0.5, 0.6) is 0 Å². The summed E-state index contributed by atoms with van der Waals surface area (Å²) in [7, 11) is -0.803. The zero-order valence-corrected chi connectivity index (χ0v) is 11.3. The fourth-order valence-corrected chi connectivity index (χ4v) is 2.00. The van der Waals surface area contributed by atoms with Crippen LogP contribution < -0.4 is 5.32 Å². The Hall–Kier alpha value is -0.750. The van der Waals surface area contributed by atoms with Gasteiger partial charge in [0.05, 0.1) is 0 Å². The van der Waals surface area contributed by atoms with E-state index < -0.39 is 10.8 Å². The van der Waals surface area contributed by atoms with E-state index in [4.69, 9.17) is 0 Å². The van der Waals surface area contributed by atoms with Gasteiger partial charge in [0.2, 0.25) is 0 Å². The van der Waals surface area contributed by atoms with Crippen LogP contribution in [-0.4, -0.2) is 33.7 Å². The molecule has 4 nitrogen and oxygen atoms in total. The van der Waals surface area contributed by atoms with E-state index in [1.165, 1.54) is 0 Å². The number of nitrogens with one attached hydrogen (secondary N) is 1. The normalized spacial score (nSPS) is 12.1. The van der Waals surface area contributed by atoms with Crippen LogP contribution in [-0.2, 0) is 10.8 Å². The van der Waals surface area contributed by atoms with Gasteiger partial charge in [-0.3, -0.25) is 9.00 Å². The lowest BCUT2D eigenvalue weighted by atomic mass is 10.3. The lowest BCUT2D eigenvalue weighted by Crippen LogP contribution is -2.26. The first kappa shape index (κ1) is 13.3. The maximum absolute atomic E-state index is 11.6. The van der Waals surface area contributed by atoms with Crippen LogP contribution >= 0.6 is 15.9 Å². The molecule has 0 saturated heterocycles. The second-order valence-corrected chi connectivity index (χ2v) is 5.60. The summed E-state index contributed by atoms with van der Waals surface area (Å²) in [6.45, 7) is 0.520. The van der Waals surface area contributed by atoms with Crippen LogP contribution in [0.3, 0.4) is 0 Å². The van der Waals surface area contributed by atoms with E-state index >= 15 is 0 Å². The summed E-state index contributed by atoms with van der Waals surface area (Å²) in [6.07, 6.45) is 2.36. The number of carbonyl (C=O) groups excluding carboxylic acids is 1. The van der Waals surface area contributed by atoms with Gasteiger partial charge in [0.25, 0.3) is 5.91 Å².